The minimum atomic E-state index is -0.0406. The molecule has 0 unspecified atom stereocenters. The molecule has 5 heteroatoms. The first-order valence-corrected chi connectivity index (χ1v) is 9.40. The Morgan fingerprint density at radius 2 is 2.04 bits per heavy atom. The number of likely N-dealkylation sites (tertiary alicyclic amines) is 1. The van der Waals surface area contributed by atoms with Gasteiger partial charge in [-0.25, -0.2) is 0 Å². The Morgan fingerprint density at radius 1 is 1.22 bits per heavy atom. The van der Waals surface area contributed by atoms with E-state index in [-0.39, 0.29) is 11.5 Å². The summed E-state index contributed by atoms with van der Waals surface area (Å²) in [5.74, 6) is 0.0851. The number of allylic oxidation sites excluding steroid dienone is 2. The first-order chi connectivity index (χ1) is 13.2. The van der Waals surface area contributed by atoms with Crippen LogP contribution in [0.15, 0.2) is 59.7 Å². The molecule has 0 bridgehead atoms. The van der Waals surface area contributed by atoms with Crippen molar-refractivity contribution in [3.63, 3.8) is 0 Å². The maximum absolute atomic E-state index is 12.8. The van der Waals surface area contributed by atoms with Crippen molar-refractivity contribution >= 4 is 16.8 Å². The highest BCUT2D eigenvalue weighted by Crippen LogP contribution is 2.28. The van der Waals surface area contributed by atoms with Crippen molar-refractivity contribution in [3.8, 4) is 11.1 Å². The number of pyridine rings is 1. The molecular weight excluding hydrogens is 338 g/mol. The molecule has 27 heavy (non-hydrogen) atoms. The zero-order valence-corrected chi connectivity index (χ0v) is 15.4. The normalized spacial score (nSPS) is 14.5. The second kappa shape index (κ2) is 7.27. The molecule has 4 rings (SSSR count). The van der Waals surface area contributed by atoms with E-state index in [1.54, 1.807) is 10.8 Å². The topological polar surface area (TPSA) is 58.1 Å². The molecule has 0 aliphatic carbocycles. The van der Waals surface area contributed by atoms with Crippen LogP contribution in [0.1, 0.15) is 30.1 Å². The van der Waals surface area contributed by atoms with Gasteiger partial charge in [0, 0.05) is 48.5 Å². The van der Waals surface area contributed by atoms with E-state index in [1.165, 1.54) is 0 Å². The average Bonchev–Trinajstić information content (AvgIpc) is 3.39. The Morgan fingerprint density at radius 3 is 2.81 bits per heavy atom. The number of aromatic amines is 1. The Balaban J connectivity index is 1.81. The molecule has 0 radical (unpaired) electrons. The van der Waals surface area contributed by atoms with Crippen molar-refractivity contribution in [1.29, 1.82) is 0 Å². The Labute approximate surface area is 157 Å². The minimum absolute atomic E-state index is 0.0406. The fourth-order valence-electron chi connectivity index (χ4n) is 3.71. The van der Waals surface area contributed by atoms with Gasteiger partial charge in [0.25, 0.3) is 11.5 Å². The number of nitrogens with one attached hydrogen (secondary N) is 1. The summed E-state index contributed by atoms with van der Waals surface area (Å²) in [5, 5.41) is 0.877. The van der Waals surface area contributed by atoms with E-state index in [4.69, 9.17) is 0 Å². The van der Waals surface area contributed by atoms with Crippen LogP contribution < -0.4 is 5.56 Å². The Hall–Kier alpha value is -3.08. The highest BCUT2D eigenvalue weighted by atomic mass is 16.2. The van der Waals surface area contributed by atoms with Gasteiger partial charge in [0.05, 0.1) is 0 Å². The highest BCUT2D eigenvalue weighted by Gasteiger charge is 2.20. The Kier molecular flexibility index (Phi) is 4.67. The quantitative estimate of drug-likeness (QED) is 0.719. The van der Waals surface area contributed by atoms with Crippen LogP contribution in [0, 0.1) is 0 Å². The predicted octanol–water partition coefficient (Wildman–Crippen LogP) is 3.81. The summed E-state index contributed by atoms with van der Waals surface area (Å²) in [6.07, 6.45) is 9.71. The van der Waals surface area contributed by atoms with E-state index in [0.717, 1.165) is 42.4 Å². The monoisotopic (exact) mass is 361 g/mol. The van der Waals surface area contributed by atoms with Gasteiger partial charge in [-0.2, -0.15) is 0 Å². The lowest BCUT2D eigenvalue weighted by molar-refractivity contribution is 0.0793. The fraction of sp³-hybridized carbons (Fsp3) is 0.273. The smallest absolute Gasteiger partial charge is 0.275 e. The van der Waals surface area contributed by atoms with Crippen molar-refractivity contribution in [2.24, 2.45) is 0 Å². The summed E-state index contributed by atoms with van der Waals surface area (Å²) in [4.78, 5) is 30.4. The van der Waals surface area contributed by atoms with Crippen molar-refractivity contribution in [1.82, 2.24) is 14.5 Å². The molecule has 3 heterocycles. The number of aromatic nitrogens is 2. The van der Waals surface area contributed by atoms with Crippen LogP contribution in [0.5, 0.6) is 0 Å². The number of amides is 1. The van der Waals surface area contributed by atoms with Crippen molar-refractivity contribution in [2.45, 2.75) is 26.3 Å². The third kappa shape index (κ3) is 3.21. The number of benzene rings is 1. The van der Waals surface area contributed by atoms with Gasteiger partial charge in [-0.15, -0.1) is 0 Å². The molecule has 1 aromatic carbocycles. The van der Waals surface area contributed by atoms with Gasteiger partial charge in [-0.3, -0.25) is 9.59 Å². The molecule has 138 valence electrons. The van der Waals surface area contributed by atoms with E-state index >= 15 is 0 Å². The first-order valence-electron chi connectivity index (χ1n) is 9.40. The average molecular weight is 361 g/mol. The molecule has 0 saturated carbocycles. The SMILES string of the molecule is C/C=C/Cn1cc(-c2cccc(C(=O)N3CCCC3)c2)c2cc[nH]c2c1=O. The van der Waals surface area contributed by atoms with Crippen molar-refractivity contribution in [2.75, 3.05) is 13.1 Å². The number of nitrogens with zero attached hydrogens (tertiary/aromatic N) is 2. The van der Waals surface area contributed by atoms with Crippen LogP contribution in [-0.4, -0.2) is 33.4 Å². The van der Waals surface area contributed by atoms with E-state index in [0.29, 0.717) is 17.6 Å². The summed E-state index contributed by atoms with van der Waals surface area (Å²) < 4.78 is 1.70. The third-order valence-corrected chi connectivity index (χ3v) is 5.15. The number of carbonyl (C=O) groups is 1. The summed E-state index contributed by atoms with van der Waals surface area (Å²) in [6, 6.07) is 9.63. The number of hydrogen-bond donors (Lipinski definition) is 1. The molecule has 1 saturated heterocycles. The molecule has 2 aromatic heterocycles. The fourth-order valence-corrected chi connectivity index (χ4v) is 3.71. The Bertz CT molecular complexity index is 1070. The molecule has 0 spiro atoms. The second-order valence-electron chi connectivity index (χ2n) is 6.92. The molecule has 1 fully saturated rings. The lowest BCUT2D eigenvalue weighted by Gasteiger charge is -2.16. The molecule has 3 aromatic rings. The van der Waals surface area contributed by atoms with Crippen LogP contribution >= 0.6 is 0 Å². The summed E-state index contributed by atoms with van der Waals surface area (Å²) in [7, 11) is 0. The van der Waals surface area contributed by atoms with Gasteiger partial charge < -0.3 is 14.5 Å². The van der Waals surface area contributed by atoms with Gasteiger partial charge in [-0.05, 0) is 43.5 Å². The number of rotatable bonds is 4. The maximum Gasteiger partial charge on any atom is 0.275 e. The van der Waals surface area contributed by atoms with E-state index < -0.39 is 0 Å². The maximum atomic E-state index is 12.8. The standard InChI is InChI=1S/C22H23N3O2/c1-2-3-11-25-15-19(18-9-10-23-20(18)22(25)27)16-7-6-8-17(14-16)21(26)24-12-4-5-13-24/h2-3,6-10,14-15,23H,4-5,11-13H2,1H3/b3-2+. The number of carbonyl (C=O) groups excluding carboxylic acids is 1. The predicted molar refractivity (Wildman–Crippen MR) is 108 cm³/mol. The van der Waals surface area contributed by atoms with Crippen LogP contribution in [0.2, 0.25) is 0 Å². The van der Waals surface area contributed by atoms with Crippen LogP contribution in [0.4, 0.5) is 0 Å². The van der Waals surface area contributed by atoms with Gasteiger partial charge >= 0.3 is 0 Å². The lowest BCUT2D eigenvalue weighted by Crippen LogP contribution is -2.27. The molecule has 1 aliphatic heterocycles. The molecule has 0 atom stereocenters. The molecule has 1 N–H and O–H groups in total. The second-order valence-corrected chi connectivity index (χ2v) is 6.92. The number of H-pyrrole nitrogens is 1. The molecule has 5 nitrogen and oxygen atoms in total. The van der Waals surface area contributed by atoms with Gasteiger partial charge in [-0.1, -0.05) is 24.3 Å². The van der Waals surface area contributed by atoms with Crippen LogP contribution in [-0.2, 0) is 6.54 Å². The molecule has 1 amide bonds. The summed E-state index contributed by atoms with van der Waals surface area (Å²) in [5.41, 5.74) is 3.14. The number of hydrogen-bond acceptors (Lipinski definition) is 2. The van der Waals surface area contributed by atoms with Gasteiger partial charge in [0.2, 0.25) is 0 Å². The summed E-state index contributed by atoms with van der Waals surface area (Å²) in [6.45, 7) is 4.12. The molecular formula is C22H23N3O2. The van der Waals surface area contributed by atoms with Crippen molar-refractivity contribution < 1.29 is 4.79 Å². The lowest BCUT2D eigenvalue weighted by atomic mass is 10.0. The first kappa shape index (κ1) is 17.3. The zero-order valence-electron chi connectivity index (χ0n) is 15.4. The zero-order chi connectivity index (χ0) is 18.8. The van der Waals surface area contributed by atoms with E-state index in [9.17, 15) is 9.59 Å². The van der Waals surface area contributed by atoms with Gasteiger partial charge in [0.1, 0.15) is 5.52 Å². The summed E-state index contributed by atoms with van der Waals surface area (Å²) >= 11 is 0. The van der Waals surface area contributed by atoms with Crippen molar-refractivity contribution in [3.05, 3.63) is 70.8 Å². The highest BCUT2D eigenvalue weighted by molar-refractivity contribution is 5.98. The van der Waals surface area contributed by atoms with Crippen LogP contribution in [0.3, 0.4) is 0 Å². The van der Waals surface area contributed by atoms with Gasteiger partial charge in [0.15, 0.2) is 0 Å². The third-order valence-electron chi connectivity index (χ3n) is 5.15. The largest absolute Gasteiger partial charge is 0.357 e. The van der Waals surface area contributed by atoms with Crippen LogP contribution in [0.25, 0.3) is 22.0 Å². The van der Waals surface area contributed by atoms with E-state index in [1.807, 2.05) is 60.5 Å². The van der Waals surface area contributed by atoms with E-state index in [2.05, 4.69) is 4.98 Å². The minimum Gasteiger partial charge on any atom is -0.357 e. The molecule has 1 aliphatic rings. The number of fused-ring (bicyclic) bond motifs is 1.